The normalized spacial score (nSPS) is 23.6. The summed E-state index contributed by atoms with van der Waals surface area (Å²) in [6, 6.07) is 6.26. The van der Waals surface area contributed by atoms with Gasteiger partial charge in [0.1, 0.15) is 0 Å². The summed E-state index contributed by atoms with van der Waals surface area (Å²) >= 11 is 0. The minimum atomic E-state index is 0.0721. The Hall–Kier alpha value is -1.79. The monoisotopic (exact) mass is 348 g/mol. The average molecular weight is 348 g/mol. The van der Waals surface area contributed by atoms with Gasteiger partial charge in [-0.05, 0) is 49.9 Å². The van der Waals surface area contributed by atoms with Crippen LogP contribution in [0.2, 0.25) is 0 Å². The first-order chi connectivity index (χ1) is 12.2. The Morgan fingerprint density at radius 2 is 2.08 bits per heavy atom. The number of methoxy groups -OCH3 is 2. The van der Waals surface area contributed by atoms with Crippen LogP contribution >= 0.6 is 0 Å². The van der Waals surface area contributed by atoms with Crippen molar-refractivity contribution >= 4 is 5.91 Å². The molecular formula is C19H28N2O4. The van der Waals surface area contributed by atoms with Gasteiger partial charge in [0.25, 0.3) is 0 Å². The summed E-state index contributed by atoms with van der Waals surface area (Å²) in [5.41, 5.74) is 1.17. The first kappa shape index (κ1) is 18.0. The summed E-state index contributed by atoms with van der Waals surface area (Å²) < 4.78 is 16.3. The summed E-state index contributed by atoms with van der Waals surface area (Å²) in [7, 11) is 3.28. The lowest BCUT2D eigenvalue weighted by Gasteiger charge is -2.25. The summed E-state index contributed by atoms with van der Waals surface area (Å²) in [6.07, 6.45) is 4.46. The highest BCUT2D eigenvalue weighted by Crippen LogP contribution is 2.36. The van der Waals surface area contributed by atoms with Crippen LogP contribution in [0.1, 0.15) is 37.3 Å². The molecule has 0 saturated carbocycles. The van der Waals surface area contributed by atoms with E-state index in [0.29, 0.717) is 13.1 Å². The molecule has 2 fully saturated rings. The molecule has 1 aromatic carbocycles. The third-order valence-corrected chi connectivity index (χ3v) is 5.05. The predicted octanol–water partition coefficient (Wildman–Crippen LogP) is 2.14. The summed E-state index contributed by atoms with van der Waals surface area (Å²) in [5.74, 6) is 1.53. The highest BCUT2D eigenvalue weighted by molar-refractivity contribution is 5.78. The Balaban J connectivity index is 1.59. The Labute approximate surface area is 149 Å². The highest BCUT2D eigenvalue weighted by Gasteiger charge is 2.28. The second kappa shape index (κ2) is 8.54. The number of nitrogens with one attached hydrogen (secondary N) is 1. The van der Waals surface area contributed by atoms with Crippen LogP contribution in [0.3, 0.4) is 0 Å². The first-order valence-electron chi connectivity index (χ1n) is 9.05. The molecule has 2 saturated heterocycles. The Kier molecular flexibility index (Phi) is 6.15. The molecule has 2 aliphatic heterocycles. The molecular weight excluding hydrogens is 320 g/mol. The van der Waals surface area contributed by atoms with Crippen molar-refractivity contribution in [2.45, 2.75) is 37.8 Å². The lowest BCUT2D eigenvalue weighted by atomic mass is 10.0. The van der Waals surface area contributed by atoms with Crippen molar-refractivity contribution < 1.29 is 19.0 Å². The van der Waals surface area contributed by atoms with Gasteiger partial charge in [-0.3, -0.25) is 9.69 Å². The number of carbonyl (C=O) groups is 1. The van der Waals surface area contributed by atoms with Crippen LogP contribution in [0, 0.1) is 0 Å². The van der Waals surface area contributed by atoms with E-state index >= 15 is 0 Å². The van der Waals surface area contributed by atoms with E-state index in [9.17, 15) is 4.79 Å². The van der Waals surface area contributed by atoms with E-state index in [0.717, 1.165) is 50.3 Å². The Morgan fingerprint density at radius 3 is 2.80 bits per heavy atom. The molecule has 2 atom stereocenters. The number of hydrogen-bond acceptors (Lipinski definition) is 5. The molecule has 1 N–H and O–H groups in total. The number of rotatable bonds is 7. The SMILES string of the molecule is COc1ccc([C@@H]2CCCN2CC(=O)NC[C@H]2CCCO2)cc1OC. The van der Waals surface area contributed by atoms with Gasteiger partial charge in [-0.2, -0.15) is 0 Å². The highest BCUT2D eigenvalue weighted by atomic mass is 16.5. The molecule has 1 aromatic rings. The number of likely N-dealkylation sites (tertiary alicyclic amines) is 1. The Morgan fingerprint density at radius 1 is 1.24 bits per heavy atom. The van der Waals surface area contributed by atoms with Gasteiger partial charge < -0.3 is 19.5 Å². The van der Waals surface area contributed by atoms with Crippen LogP contribution in [0.5, 0.6) is 11.5 Å². The molecule has 0 radical (unpaired) electrons. The zero-order chi connectivity index (χ0) is 17.6. The molecule has 1 amide bonds. The van der Waals surface area contributed by atoms with Gasteiger partial charge in [0.2, 0.25) is 5.91 Å². The molecule has 0 spiro atoms. The van der Waals surface area contributed by atoms with Crippen molar-refractivity contribution in [3.05, 3.63) is 23.8 Å². The fourth-order valence-electron chi connectivity index (χ4n) is 3.73. The van der Waals surface area contributed by atoms with E-state index in [1.54, 1.807) is 14.2 Å². The second-order valence-corrected chi connectivity index (χ2v) is 6.68. The Bertz CT molecular complexity index is 587. The van der Waals surface area contributed by atoms with Crippen molar-refractivity contribution in [3.63, 3.8) is 0 Å². The number of amides is 1. The topological polar surface area (TPSA) is 60.0 Å². The summed E-state index contributed by atoms with van der Waals surface area (Å²) in [4.78, 5) is 14.5. The lowest BCUT2D eigenvalue weighted by Crippen LogP contribution is -2.39. The van der Waals surface area contributed by atoms with E-state index < -0.39 is 0 Å². The van der Waals surface area contributed by atoms with E-state index in [4.69, 9.17) is 14.2 Å². The van der Waals surface area contributed by atoms with Crippen molar-refractivity contribution in [1.82, 2.24) is 10.2 Å². The van der Waals surface area contributed by atoms with E-state index in [-0.39, 0.29) is 18.1 Å². The maximum absolute atomic E-state index is 12.3. The number of ether oxygens (including phenoxy) is 3. The first-order valence-corrected chi connectivity index (χ1v) is 9.05. The van der Waals surface area contributed by atoms with Crippen LogP contribution in [0.25, 0.3) is 0 Å². The van der Waals surface area contributed by atoms with Gasteiger partial charge in [0.05, 0.1) is 26.9 Å². The fourth-order valence-corrected chi connectivity index (χ4v) is 3.73. The van der Waals surface area contributed by atoms with Gasteiger partial charge in [0.15, 0.2) is 11.5 Å². The van der Waals surface area contributed by atoms with Crippen LogP contribution in [-0.4, -0.2) is 57.4 Å². The molecule has 138 valence electrons. The molecule has 2 heterocycles. The maximum Gasteiger partial charge on any atom is 0.234 e. The largest absolute Gasteiger partial charge is 0.493 e. The fraction of sp³-hybridized carbons (Fsp3) is 0.632. The summed E-state index contributed by atoms with van der Waals surface area (Å²) in [6.45, 7) is 2.79. The van der Waals surface area contributed by atoms with Crippen molar-refractivity contribution in [2.75, 3.05) is 40.5 Å². The molecule has 0 bridgehead atoms. The van der Waals surface area contributed by atoms with Crippen molar-refractivity contribution in [3.8, 4) is 11.5 Å². The van der Waals surface area contributed by atoms with Crippen LogP contribution in [0.4, 0.5) is 0 Å². The zero-order valence-corrected chi connectivity index (χ0v) is 15.1. The molecule has 25 heavy (non-hydrogen) atoms. The quantitative estimate of drug-likeness (QED) is 0.818. The van der Waals surface area contributed by atoms with Gasteiger partial charge in [0, 0.05) is 19.2 Å². The van der Waals surface area contributed by atoms with Crippen LogP contribution in [0.15, 0.2) is 18.2 Å². The second-order valence-electron chi connectivity index (χ2n) is 6.68. The van der Waals surface area contributed by atoms with Crippen molar-refractivity contribution in [1.29, 1.82) is 0 Å². The van der Waals surface area contributed by atoms with Gasteiger partial charge in [-0.25, -0.2) is 0 Å². The number of hydrogen-bond donors (Lipinski definition) is 1. The molecule has 0 aromatic heterocycles. The third kappa shape index (κ3) is 4.44. The molecule has 6 nitrogen and oxygen atoms in total. The zero-order valence-electron chi connectivity index (χ0n) is 15.1. The van der Waals surface area contributed by atoms with Gasteiger partial charge >= 0.3 is 0 Å². The third-order valence-electron chi connectivity index (χ3n) is 5.05. The van der Waals surface area contributed by atoms with Crippen molar-refractivity contribution in [2.24, 2.45) is 0 Å². The van der Waals surface area contributed by atoms with E-state index in [1.807, 2.05) is 12.1 Å². The van der Waals surface area contributed by atoms with E-state index in [2.05, 4.69) is 16.3 Å². The van der Waals surface area contributed by atoms with Crippen LogP contribution < -0.4 is 14.8 Å². The standard InChI is InChI=1S/C19H28N2O4/c1-23-17-8-7-14(11-18(17)24-2)16-6-3-9-21(16)13-19(22)20-12-15-5-4-10-25-15/h7-8,11,15-16H,3-6,9-10,12-13H2,1-2H3,(H,20,22)/t15-,16+/m1/s1. The minimum absolute atomic E-state index is 0.0721. The molecule has 2 aliphatic rings. The average Bonchev–Trinajstić information content (AvgIpc) is 3.31. The molecule has 3 rings (SSSR count). The number of nitrogens with zero attached hydrogens (tertiary/aromatic N) is 1. The number of benzene rings is 1. The van der Waals surface area contributed by atoms with Gasteiger partial charge in [-0.15, -0.1) is 0 Å². The molecule has 0 unspecified atom stereocenters. The molecule has 6 heteroatoms. The van der Waals surface area contributed by atoms with E-state index in [1.165, 1.54) is 5.56 Å². The van der Waals surface area contributed by atoms with Crippen LogP contribution in [-0.2, 0) is 9.53 Å². The number of carbonyl (C=O) groups excluding carboxylic acids is 1. The predicted molar refractivity (Wildman–Crippen MR) is 95.1 cm³/mol. The summed E-state index contributed by atoms with van der Waals surface area (Å²) in [5, 5.41) is 3.01. The lowest BCUT2D eigenvalue weighted by molar-refractivity contribution is -0.123. The smallest absolute Gasteiger partial charge is 0.234 e. The molecule has 0 aliphatic carbocycles. The minimum Gasteiger partial charge on any atom is -0.493 e. The maximum atomic E-state index is 12.3. The van der Waals surface area contributed by atoms with Gasteiger partial charge in [-0.1, -0.05) is 6.07 Å².